The molecule has 0 spiro atoms. The van der Waals surface area contributed by atoms with Crippen molar-refractivity contribution >= 4 is 5.82 Å². The smallest absolute Gasteiger partial charge is 0.290 e. The Labute approximate surface area is 158 Å². The summed E-state index contributed by atoms with van der Waals surface area (Å²) in [7, 11) is 0. The maximum atomic E-state index is 12.0. The van der Waals surface area contributed by atoms with Crippen molar-refractivity contribution in [2.45, 2.75) is 32.0 Å². The van der Waals surface area contributed by atoms with Gasteiger partial charge in [-0.15, -0.1) is 0 Å². The second-order valence-electron chi connectivity index (χ2n) is 6.94. The highest BCUT2D eigenvalue weighted by molar-refractivity contribution is 5.36. The first-order chi connectivity index (χ1) is 13.3. The van der Waals surface area contributed by atoms with Crippen molar-refractivity contribution in [3.8, 4) is 0 Å². The van der Waals surface area contributed by atoms with Crippen molar-refractivity contribution < 1.29 is 0 Å². The van der Waals surface area contributed by atoms with Crippen molar-refractivity contribution in [3.63, 3.8) is 0 Å². The normalized spacial score (nSPS) is 17.2. The Kier molecular flexibility index (Phi) is 5.29. The van der Waals surface area contributed by atoms with Gasteiger partial charge in [-0.1, -0.05) is 30.3 Å². The van der Waals surface area contributed by atoms with E-state index >= 15 is 0 Å². The minimum absolute atomic E-state index is 0.125. The third-order valence-electron chi connectivity index (χ3n) is 4.88. The van der Waals surface area contributed by atoms with Crippen LogP contribution in [0.25, 0.3) is 0 Å². The molecule has 140 valence electrons. The summed E-state index contributed by atoms with van der Waals surface area (Å²) >= 11 is 0. The van der Waals surface area contributed by atoms with E-state index in [1.165, 1.54) is 11.1 Å². The summed E-state index contributed by atoms with van der Waals surface area (Å²) in [5.41, 5.74) is 2.28. The number of benzene rings is 1. The van der Waals surface area contributed by atoms with Crippen molar-refractivity contribution in [2.75, 3.05) is 18.0 Å². The Morgan fingerprint density at radius 1 is 1.22 bits per heavy atom. The molecule has 1 fully saturated rings. The molecule has 27 heavy (non-hydrogen) atoms. The lowest BCUT2D eigenvalue weighted by molar-refractivity contribution is 0.419. The molecule has 7 heteroatoms. The van der Waals surface area contributed by atoms with Crippen LogP contribution < -0.4 is 15.8 Å². The number of rotatable bonds is 6. The second kappa shape index (κ2) is 8.18. The molecule has 1 saturated heterocycles. The second-order valence-corrected chi connectivity index (χ2v) is 6.94. The van der Waals surface area contributed by atoms with E-state index in [0.717, 1.165) is 39.0 Å². The molecule has 1 aliphatic heterocycles. The quantitative estimate of drug-likeness (QED) is 0.697. The van der Waals surface area contributed by atoms with Crippen LogP contribution in [-0.2, 0) is 13.1 Å². The fourth-order valence-corrected chi connectivity index (χ4v) is 3.52. The Balaban J connectivity index is 1.32. The molecule has 2 N–H and O–H groups in total. The fourth-order valence-electron chi connectivity index (χ4n) is 3.52. The van der Waals surface area contributed by atoms with Gasteiger partial charge in [0.05, 0.1) is 12.7 Å². The molecule has 0 bridgehead atoms. The molecule has 1 aromatic carbocycles. The average Bonchev–Trinajstić information content (AvgIpc) is 3.15. The monoisotopic (exact) mass is 364 g/mol. The zero-order valence-corrected chi connectivity index (χ0v) is 15.2. The molecule has 0 aliphatic carbocycles. The van der Waals surface area contributed by atoms with Gasteiger partial charge in [0.2, 0.25) is 0 Å². The third kappa shape index (κ3) is 4.43. The van der Waals surface area contributed by atoms with E-state index < -0.39 is 0 Å². The standard InChI is InChI=1S/C20H24N6O/c27-20-19(21-8-9-22-20)25-10-4-7-18(15-25)23-11-17-12-24-26(14-17)13-16-5-2-1-3-6-16/h1-3,5-6,8-9,12,14,18,23H,4,7,10-11,13,15H2,(H,22,27)/t18-/m0/s1. The fraction of sp³-hybridized carbons (Fsp3) is 0.350. The molecule has 2 aromatic heterocycles. The van der Waals surface area contributed by atoms with Gasteiger partial charge in [-0.2, -0.15) is 5.10 Å². The van der Waals surface area contributed by atoms with Gasteiger partial charge in [0.25, 0.3) is 5.56 Å². The van der Waals surface area contributed by atoms with Gasteiger partial charge in [0, 0.05) is 49.8 Å². The molecular weight excluding hydrogens is 340 g/mol. The van der Waals surface area contributed by atoms with Gasteiger partial charge < -0.3 is 15.2 Å². The van der Waals surface area contributed by atoms with Crippen molar-refractivity contribution in [2.24, 2.45) is 0 Å². The summed E-state index contributed by atoms with van der Waals surface area (Å²) in [6.45, 7) is 3.21. The zero-order valence-electron chi connectivity index (χ0n) is 15.2. The van der Waals surface area contributed by atoms with Crippen LogP contribution in [0.5, 0.6) is 0 Å². The first kappa shape index (κ1) is 17.5. The number of hydrogen-bond acceptors (Lipinski definition) is 5. The van der Waals surface area contributed by atoms with Crippen molar-refractivity contribution in [1.29, 1.82) is 0 Å². The van der Waals surface area contributed by atoms with Crippen LogP contribution in [-0.4, -0.2) is 38.9 Å². The van der Waals surface area contributed by atoms with Crippen LogP contribution in [0, 0.1) is 0 Å². The predicted octanol–water partition coefficient (Wildman–Crippen LogP) is 1.77. The van der Waals surface area contributed by atoms with E-state index in [9.17, 15) is 4.79 Å². The molecule has 0 amide bonds. The Hall–Kier alpha value is -2.93. The van der Waals surface area contributed by atoms with E-state index in [1.54, 1.807) is 12.4 Å². The predicted molar refractivity (Wildman–Crippen MR) is 105 cm³/mol. The third-order valence-corrected chi connectivity index (χ3v) is 4.88. The highest BCUT2D eigenvalue weighted by Crippen LogP contribution is 2.15. The Morgan fingerprint density at radius 2 is 2.11 bits per heavy atom. The highest BCUT2D eigenvalue weighted by Gasteiger charge is 2.22. The first-order valence-electron chi connectivity index (χ1n) is 9.35. The summed E-state index contributed by atoms with van der Waals surface area (Å²) < 4.78 is 1.97. The molecule has 7 nitrogen and oxygen atoms in total. The summed E-state index contributed by atoms with van der Waals surface area (Å²) in [5.74, 6) is 0.514. The van der Waals surface area contributed by atoms with Crippen LogP contribution in [0.1, 0.15) is 24.0 Å². The SMILES string of the molecule is O=c1[nH]ccnc1N1CCC[C@H](NCc2cnn(Cc3ccccc3)c2)C1. The van der Waals surface area contributed by atoms with Gasteiger partial charge in [-0.25, -0.2) is 4.98 Å². The van der Waals surface area contributed by atoms with Gasteiger partial charge in [-0.05, 0) is 18.4 Å². The molecule has 3 aromatic rings. The maximum absolute atomic E-state index is 12.0. The Bertz CT molecular complexity index is 919. The van der Waals surface area contributed by atoms with Gasteiger partial charge in [0.15, 0.2) is 5.82 Å². The van der Waals surface area contributed by atoms with Crippen LogP contribution in [0.3, 0.4) is 0 Å². The molecule has 3 heterocycles. The lowest BCUT2D eigenvalue weighted by Crippen LogP contribution is -2.47. The Morgan fingerprint density at radius 3 is 2.96 bits per heavy atom. The van der Waals surface area contributed by atoms with E-state index in [0.29, 0.717) is 11.9 Å². The van der Waals surface area contributed by atoms with Crippen LogP contribution in [0.2, 0.25) is 0 Å². The van der Waals surface area contributed by atoms with Crippen molar-refractivity contribution in [1.82, 2.24) is 25.1 Å². The topological polar surface area (TPSA) is 78.8 Å². The van der Waals surface area contributed by atoms with Gasteiger partial charge >= 0.3 is 0 Å². The maximum Gasteiger partial charge on any atom is 0.290 e. The van der Waals surface area contributed by atoms with E-state index in [2.05, 4.69) is 43.6 Å². The van der Waals surface area contributed by atoms with Gasteiger partial charge in [-0.3, -0.25) is 9.48 Å². The number of anilines is 1. The lowest BCUT2D eigenvalue weighted by atomic mass is 10.1. The number of nitrogens with one attached hydrogen (secondary N) is 2. The first-order valence-corrected chi connectivity index (χ1v) is 9.35. The van der Waals surface area contributed by atoms with E-state index in [-0.39, 0.29) is 5.56 Å². The number of aromatic nitrogens is 4. The minimum Gasteiger partial charge on any atom is -0.350 e. The molecular formula is C20H24N6O. The van der Waals surface area contributed by atoms with Crippen LogP contribution >= 0.6 is 0 Å². The average molecular weight is 364 g/mol. The lowest BCUT2D eigenvalue weighted by Gasteiger charge is -2.33. The van der Waals surface area contributed by atoms with E-state index in [1.807, 2.05) is 29.1 Å². The molecule has 0 radical (unpaired) electrons. The molecule has 4 rings (SSSR count). The number of hydrogen-bond donors (Lipinski definition) is 2. The van der Waals surface area contributed by atoms with Gasteiger partial charge in [0.1, 0.15) is 0 Å². The number of nitrogens with zero attached hydrogens (tertiary/aromatic N) is 4. The summed E-state index contributed by atoms with van der Waals surface area (Å²) in [6.07, 6.45) is 9.35. The van der Waals surface area contributed by atoms with E-state index in [4.69, 9.17) is 0 Å². The summed E-state index contributed by atoms with van der Waals surface area (Å²) in [6, 6.07) is 10.7. The van der Waals surface area contributed by atoms with Crippen LogP contribution in [0.15, 0.2) is 59.9 Å². The summed E-state index contributed by atoms with van der Waals surface area (Å²) in [4.78, 5) is 21.0. The van der Waals surface area contributed by atoms with Crippen LogP contribution in [0.4, 0.5) is 5.82 Å². The zero-order chi connectivity index (χ0) is 18.5. The van der Waals surface area contributed by atoms with Crippen molar-refractivity contribution in [3.05, 3.63) is 76.6 Å². The number of aromatic amines is 1. The number of piperidine rings is 1. The molecule has 1 aliphatic rings. The molecule has 0 unspecified atom stereocenters. The molecule has 1 atom stereocenters. The molecule has 0 saturated carbocycles. The summed E-state index contributed by atoms with van der Waals surface area (Å²) in [5, 5.41) is 8.06. The minimum atomic E-state index is -0.125. The number of H-pyrrole nitrogens is 1. The largest absolute Gasteiger partial charge is 0.350 e. The highest BCUT2D eigenvalue weighted by atomic mass is 16.1.